The summed E-state index contributed by atoms with van der Waals surface area (Å²) in [5, 5.41) is 8.74. The minimum Gasteiger partial charge on any atom is -0.256 e. The van der Waals surface area contributed by atoms with Gasteiger partial charge in [-0.1, -0.05) is 12.1 Å². The van der Waals surface area contributed by atoms with E-state index < -0.39 is 11.7 Å². The van der Waals surface area contributed by atoms with E-state index in [0.717, 1.165) is 18.3 Å². The van der Waals surface area contributed by atoms with Gasteiger partial charge in [-0.15, -0.1) is 0 Å². The van der Waals surface area contributed by atoms with Gasteiger partial charge in [0, 0.05) is 11.8 Å². The van der Waals surface area contributed by atoms with E-state index in [9.17, 15) is 13.2 Å². The van der Waals surface area contributed by atoms with Crippen molar-refractivity contribution in [2.24, 2.45) is 0 Å². The van der Waals surface area contributed by atoms with Crippen LogP contribution in [0.15, 0.2) is 42.6 Å². The fraction of sp³-hybridized carbons (Fsp3) is 0.0769. The average molecular weight is 248 g/mol. The van der Waals surface area contributed by atoms with Crippen molar-refractivity contribution in [3.63, 3.8) is 0 Å². The number of alkyl halides is 3. The van der Waals surface area contributed by atoms with Crippen LogP contribution in [0.1, 0.15) is 11.1 Å². The van der Waals surface area contributed by atoms with Crippen molar-refractivity contribution in [1.82, 2.24) is 4.98 Å². The number of nitriles is 1. The van der Waals surface area contributed by atoms with Crippen LogP contribution in [0.2, 0.25) is 0 Å². The summed E-state index contributed by atoms with van der Waals surface area (Å²) in [6.45, 7) is 0. The summed E-state index contributed by atoms with van der Waals surface area (Å²) < 4.78 is 37.6. The lowest BCUT2D eigenvalue weighted by atomic mass is 10.1. The maximum absolute atomic E-state index is 12.5. The molecule has 0 amide bonds. The monoisotopic (exact) mass is 248 g/mol. The number of pyridine rings is 1. The molecule has 18 heavy (non-hydrogen) atoms. The smallest absolute Gasteiger partial charge is 0.256 e. The Kier molecular flexibility index (Phi) is 3.02. The number of rotatable bonds is 1. The largest absolute Gasteiger partial charge is 0.416 e. The summed E-state index contributed by atoms with van der Waals surface area (Å²) in [7, 11) is 0. The molecule has 0 bridgehead atoms. The maximum Gasteiger partial charge on any atom is 0.416 e. The molecule has 0 spiro atoms. The number of benzene rings is 1. The fourth-order valence-corrected chi connectivity index (χ4v) is 1.51. The molecule has 2 rings (SSSR count). The topological polar surface area (TPSA) is 36.7 Å². The lowest BCUT2D eigenvalue weighted by Gasteiger charge is -2.08. The summed E-state index contributed by atoms with van der Waals surface area (Å²) in [5.74, 6) is 0. The van der Waals surface area contributed by atoms with E-state index >= 15 is 0 Å². The van der Waals surface area contributed by atoms with Crippen molar-refractivity contribution in [3.8, 4) is 17.3 Å². The Labute approximate surface area is 101 Å². The molecule has 2 aromatic rings. The van der Waals surface area contributed by atoms with Crippen LogP contribution in [0.4, 0.5) is 13.2 Å². The lowest BCUT2D eigenvalue weighted by molar-refractivity contribution is -0.137. The van der Waals surface area contributed by atoms with Gasteiger partial charge in [-0.25, -0.2) is 0 Å². The van der Waals surface area contributed by atoms with Crippen molar-refractivity contribution in [2.75, 3.05) is 0 Å². The molecule has 0 unspecified atom stereocenters. The number of nitrogens with zero attached hydrogens (tertiary/aromatic N) is 2. The van der Waals surface area contributed by atoms with Crippen molar-refractivity contribution in [2.45, 2.75) is 6.18 Å². The molecular formula is C13H7F3N2. The zero-order valence-electron chi connectivity index (χ0n) is 9.07. The molecule has 0 saturated carbocycles. The van der Waals surface area contributed by atoms with E-state index in [1.165, 1.54) is 6.07 Å². The second kappa shape index (κ2) is 4.49. The van der Waals surface area contributed by atoms with E-state index in [0.29, 0.717) is 11.1 Å². The van der Waals surface area contributed by atoms with Crippen LogP contribution in [0.25, 0.3) is 11.3 Å². The highest BCUT2D eigenvalue weighted by molar-refractivity contribution is 5.62. The minimum absolute atomic E-state index is 0.196. The number of aromatic nitrogens is 1. The molecule has 1 heterocycles. The second-order valence-electron chi connectivity index (χ2n) is 3.62. The number of halogens is 3. The SMILES string of the molecule is N#Cc1cccc(-c2cc(C(F)(F)F)ccn2)c1. The third-order valence-corrected chi connectivity index (χ3v) is 2.37. The van der Waals surface area contributed by atoms with E-state index in [2.05, 4.69) is 4.98 Å². The third-order valence-electron chi connectivity index (χ3n) is 2.37. The highest BCUT2D eigenvalue weighted by atomic mass is 19.4. The zero-order chi connectivity index (χ0) is 13.2. The van der Waals surface area contributed by atoms with Gasteiger partial charge in [-0.3, -0.25) is 4.98 Å². The Hall–Kier alpha value is -2.35. The molecule has 0 radical (unpaired) electrons. The Morgan fingerprint density at radius 2 is 1.89 bits per heavy atom. The summed E-state index contributed by atoms with van der Waals surface area (Å²) in [4.78, 5) is 3.89. The predicted octanol–water partition coefficient (Wildman–Crippen LogP) is 3.64. The Balaban J connectivity index is 2.48. The van der Waals surface area contributed by atoms with Crippen LogP contribution in [0.5, 0.6) is 0 Å². The van der Waals surface area contributed by atoms with Gasteiger partial charge in [0.05, 0.1) is 22.9 Å². The van der Waals surface area contributed by atoms with Gasteiger partial charge >= 0.3 is 6.18 Å². The Bertz CT molecular complexity index is 612. The first-order chi connectivity index (χ1) is 8.50. The summed E-state index contributed by atoms with van der Waals surface area (Å²) >= 11 is 0. The maximum atomic E-state index is 12.5. The van der Waals surface area contributed by atoms with Crippen LogP contribution >= 0.6 is 0 Å². The molecule has 2 nitrogen and oxygen atoms in total. The van der Waals surface area contributed by atoms with Gasteiger partial charge in [0.2, 0.25) is 0 Å². The fourth-order valence-electron chi connectivity index (χ4n) is 1.51. The van der Waals surface area contributed by atoms with Crippen molar-refractivity contribution in [3.05, 3.63) is 53.7 Å². The predicted molar refractivity (Wildman–Crippen MR) is 59.4 cm³/mol. The second-order valence-corrected chi connectivity index (χ2v) is 3.62. The summed E-state index contributed by atoms with van der Waals surface area (Å²) in [6.07, 6.45) is -3.29. The van der Waals surface area contributed by atoms with E-state index in [-0.39, 0.29) is 5.69 Å². The van der Waals surface area contributed by atoms with Gasteiger partial charge in [-0.2, -0.15) is 18.4 Å². The standard InChI is InChI=1S/C13H7F3N2/c14-13(15,16)11-4-5-18-12(7-11)10-3-1-2-9(6-10)8-17/h1-7H. The van der Waals surface area contributed by atoms with Crippen LogP contribution in [0, 0.1) is 11.3 Å². The normalized spacial score (nSPS) is 11.0. The summed E-state index contributed by atoms with van der Waals surface area (Å²) in [6, 6.07) is 10.1. The van der Waals surface area contributed by atoms with Crippen LogP contribution in [-0.2, 0) is 6.18 Å². The average Bonchev–Trinajstić information content (AvgIpc) is 2.38. The van der Waals surface area contributed by atoms with Gasteiger partial charge < -0.3 is 0 Å². The molecule has 5 heteroatoms. The minimum atomic E-state index is -4.40. The van der Waals surface area contributed by atoms with Gasteiger partial charge in [0.25, 0.3) is 0 Å². The van der Waals surface area contributed by atoms with E-state index in [4.69, 9.17) is 5.26 Å². The van der Waals surface area contributed by atoms with Crippen LogP contribution in [0.3, 0.4) is 0 Å². The van der Waals surface area contributed by atoms with Crippen molar-refractivity contribution < 1.29 is 13.2 Å². The molecule has 1 aromatic carbocycles. The quantitative estimate of drug-likeness (QED) is 0.772. The Morgan fingerprint density at radius 1 is 1.11 bits per heavy atom. The first-order valence-corrected chi connectivity index (χ1v) is 5.04. The highest BCUT2D eigenvalue weighted by Crippen LogP contribution is 2.31. The molecule has 0 fully saturated rings. The van der Waals surface area contributed by atoms with Gasteiger partial charge in [-0.05, 0) is 24.3 Å². The first kappa shape index (κ1) is 12.1. The molecule has 0 saturated heterocycles. The van der Waals surface area contributed by atoms with E-state index in [1.54, 1.807) is 18.2 Å². The summed E-state index contributed by atoms with van der Waals surface area (Å²) in [5.41, 5.74) is 0.309. The number of hydrogen-bond acceptors (Lipinski definition) is 2. The molecule has 0 N–H and O–H groups in total. The molecular weight excluding hydrogens is 241 g/mol. The van der Waals surface area contributed by atoms with Gasteiger partial charge in [0.15, 0.2) is 0 Å². The first-order valence-electron chi connectivity index (χ1n) is 5.04. The number of hydrogen-bond donors (Lipinski definition) is 0. The van der Waals surface area contributed by atoms with Gasteiger partial charge in [0.1, 0.15) is 0 Å². The highest BCUT2D eigenvalue weighted by Gasteiger charge is 2.30. The lowest BCUT2D eigenvalue weighted by Crippen LogP contribution is -2.05. The van der Waals surface area contributed by atoms with Crippen molar-refractivity contribution >= 4 is 0 Å². The third kappa shape index (κ3) is 2.48. The molecule has 0 atom stereocenters. The molecule has 0 aliphatic heterocycles. The molecule has 0 aliphatic carbocycles. The van der Waals surface area contributed by atoms with Crippen molar-refractivity contribution in [1.29, 1.82) is 5.26 Å². The van der Waals surface area contributed by atoms with Crippen LogP contribution < -0.4 is 0 Å². The molecule has 0 aliphatic rings. The molecule has 90 valence electrons. The van der Waals surface area contributed by atoms with Crippen LogP contribution in [-0.4, -0.2) is 4.98 Å². The Morgan fingerprint density at radius 3 is 2.56 bits per heavy atom. The zero-order valence-corrected chi connectivity index (χ0v) is 9.07. The molecule has 1 aromatic heterocycles. The van der Waals surface area contributed by atoms with E-state index in [1.807, 2.05) is 6.07 Å².